The minimum absolute atomic E-state index is 0.246. The number of halogens is 1. The van der Waals surface area contributed by atoms with Crippen LogP contribution in [-0.4, -0.2) is 36.4 Å². The molecular weight excluding hydrogens is 273 g/mol. The SMILES string of the molecule is Cc1cccc(F)c1S(=O)(=O)N(CC(=O)O)C(C)C. The van der Waals surface area contributed by atoms with Crippen LogP contribution in [0.2, 0.25) is 0 Å². The summed E-state index contributed by atoms with van der Waals surface area (Å²) in [5, 5.41) is 8.78. The third kappa shape index (κ3) is 3.30. The quantitative estimate of drug-likeness (QED) is 0.893. The van der Waals surface area contributed by atoms with Crippen molar-refractivity contribution in [3.63, 3.8) is 0 Å². The summed E-state index contributed by atoms with van der Waals surface area (Å²) >= 11 is 0. The molecule has 1 rings (SSSR count). The molecule has 7 heteroatoms. The highest BCUT2D eigenvalue weighted by Gasteiger charge is 2.32. The van der Waals surface area contributed by atoms with Gasteiger partial charge < -0.3 is 5.11 Å². The average molecular weight is 289 g/mol. The van der Waals surface area contributed by atoms with Gasteiger partial charge in [0.15, 0.2) is 0 Å². The fourth-order valence-electron chi connectivity index (χ4n) is 1.74. The lowest BCUT2D eigenvalue weighted by Gasteiger charge is -2.25. The van der Waals surface area contributed by atoms with Crippen LogP contribution in [0.5, 0.6) is 0 Å². The van der Waals surface area contributed by atoms with Gasteiger partial charge in [-0.05, 0) is 32.4 Å². The molecule has 0 aromatic heterocycles. The van der Waals surface area contributed by atoms with Gasteiger partial charge in [-0.25, -0.2) is 12.8 Å². The second kappa shape index (κ2) is 5.66. The molecule has 0 saturated heterocycles. The Morgan fingerprint density at radius 3 is 2.42 bits per heavy atom. The van der Waals surface area contributed by atoms with Crippen molar-refractivity contribution in [3.05, 3.63) is 29.6 Å². The average Bonchev–Trinajstić information content (AvgIpc) is 2.24. The summed E-state index contributed by atoms with van der Waals surface area (Å²) in [7, 11) is -4.18. The molecule has 0 fully saturated rings. The van der Waals surface area contributed by atoms with E-state index in [0.717, 1.165) is 10.4 Å². The van der Waals surface area contributed by atoms with Crippen molar-refractivity contribution in [3.8, 4) is 0 Å². The topological polar surface area (TPSA) is 74.7 Å². The molecular formula is C12H16FNO4S. The summed E-state index contributed by atoms with van der Waals surface area (Å²) in [6.45, 7) is 3.84. The zero-order chi connectivity index (χ0) is 14.8. The van der Waals surface area contributed by atoms with Gasteiger partial charge in [0.1, 0.15) is 17.3 Å². The van der Waals surface area contributed by atoms with E-state index in [0.29, 0.717) is 0 Å². The minimum Gasteiger partial charge on any atom is -0.480 e. The van der Waals surface area contributed by atoms with Crippen molar-refractivity contribution < 1.29 is 22.7 Å². The van der Waals surface area contributed by atoms with Crippen LogP contribution in [0.15, 0.2) is 23.1 Å². The van der Waals surface area contributed by atoms with Crippen LogP contribution >= 0.6 is 0 Å². The zero-order valence-electron chi connectivity index (χ0n) is 10.9. The first-order valence-electron chi connectivity index (χ1n) is 5.66. The molecule has 0 atom stereocenters. The molecule has 19 heavy (non-hydrogen) atoms. The predicted octanol–water partition coefficient (Wildman–Crippen LogP) is 1.62. The molecule has 0 bridgehead atoms. The van der Waals surface area contributed by atoms with Crippen LogP contribution in [0.25, 0.3) is 0 Å². The lowest BCUT2D eigenvalue weighted by molar-refractivity contribution is -0.137. The fraction of sp³-hybridized carbons (Fsp3) is 0.417. The highest BCUT2D eigenvalue weighted by atomic mass is 32.2. The largest absolute Gasteiger partial charge is 0.480 e. The number of hydrogen-bond acceptors (Lipinski definition) is 3. The van der Waals surface area contributed by atoms with Gasteiger partial charge in [0, 0.05) is 6.04 Å². The van der Waals surface area contributed by atoms with E-state index < -0.39 is 39.3 Å². The summed E-state index contributed by atoms with van der Waals surface area (Å²) in [6, 6.07) is 3.33. The molecule has 0 spiro atoms. The predicted molar refractivity (Wildman–Crippen MR) is 67.8 cm³/mol. The normalized spacial score (nSPS) is 12.1. The summed E-state index contributed by atoms with van der Waals surface area (Å²) < 4.78 is 39.3. The number of carbonyl (C=O) groups is 1. The molecule has 0 unspecified atom stereocenters. The number of carboxylic acid groups (broad SMARTS) is 1. The Morgan fingerprint density at radius 2 is 2.00 bits per heavy atom. The van der Waals surface area contributed by atoms with Crippen LogP contribution in [0, 0.1) is 12.7 Å². The Bertz CT molecular complexity index is 563. The van der Waals surface area contributed by atoms with Crippen LogP contribution in [-0.2, 0) is 14.8 Å². The number of aryl methyl sites for hydroxylation is 1. The Labute approximate surface area is 111 Å². The molecule has 0 aliphatic carbocycles. The third-order valence-electron chi connectivity index (χ3n) is 2.60. The molecule has 0 aliphatic heterocycles. The monoisotopic (exact) mass is 289 g/mol. The molecule has 1 aromatic carbocycles. The van der Waals surface area contributed by atoms with Gasteiger partial charge in [-0.1, -0.05) is 12.1 Å². The van der Waals surface area contributed by atoms with E-state index in [9.17, 15) is 17.6 Å². The van der Waals surface area contributed by atoms with Crippen LogP contribution in [0.3, 0.4) is 0 Å². The summed E-state index contributed by atoms with van der Waals surface area (Å²) in [6.07, 6.45) is 0. The van der Waals surface area contributed by atoms with E-state index in [4.69, 9.17) is 5.11 Å². The van der Waals surface area contributed by atoms with E-state index in [1.807, 2.05) is 0 Å². The number of sulfonamides is 1. The molecule has 0 amide bonds. The molecule has 0 heterocycles. The van der Waals surface area contributed by atoms with Gasteiger partial charge in [0.2, 0.25) is 10.0 Å². The molecule has 1 N–H and O–H groups in total. The van der Waals surface area contributed by atoms with E-state index in [1.165, 1.54) is 32.9 Å². The minimum atomic E-state index is -4.18. The first-order chi connectivity index (χ1) is 8.67. The Morgan fingerprint density at radius 1 is 1.42 bits per heavy atom. The molecule has 0 saturated carbocycles. The molecule has 0 radical (unpaired) electrons. The first kappa shape index (κ1) is 15.6. The van der Waals surface area contributed by atoms with Crippen molar-refractivity contribution in [2.75, 3.05) is 6.54 Å². The highest BCUT2D eigenvalue weighted by molar-refractivity contribution is 7.89. The number of rotatable bonds is 5. The summed E-state index contributed by atoms with van der Waals surface area (Å²) in [5.41, 5.74) is 0.246. The Balaban J connectivity index is 3.39. The van der Waals surface area contributed by atoms with Gasteiger partial charge in [-0.3, -0.25) is 4.79 Å². The van der Waals surface area contributed by atoms with Crippen LogP contribution < -0.4 is 0 Å². The maximum Gasteiger partial charge on any atom is 0.318 e. The molecule has 5 nitrogen and oxygen atoms in total. The fourth-order valence-corrected chi connectivity index (χ4v) is 3.60. The van der Waals surface area contributed by atoms with Crippen molar-refractivity contribution in [1.29, 1.82) is 0 Å². The van der Waals surface area contributed by atoms with Crippen molar-refractivity contribution in [1.82, 2.24) is 4.31 Å². The molecule has 1 aromatic rings. The lowest BCUT2D eigenvalue weighted by atomic mass is 10.2. The van der Waals surface area contributed by atoms with Gasteiger partial charge in [0.25, 0.3) is 0 Å². The van der Waals surface area contributed by atoms with Gasteiger partial charge >= 0.3 is 5.97 Å². The second-order valence-electron chi connectivity index (χ2n) is 4.42. The summed E-state index contributed by atoms with van der Waals surface area (Å²) in [4.78, 5) is 10.3. The number of nitrogens with zero attached hydrogens (tertiary/aromatic N) is 1. The Kier molecular flexibility index (Phi) is 4.65. The van der Waals surface area contributed by atoms with E-state index in [2.05, 4.69) is 0 Å². The summed E-state index contributed by atoms with van der Waals surface area (Å²) in [5.74, 6) is -2.16. The van der Waals surface area contributed by atoms with Gasteiger partial charge in [-0.2, -0.15) is 4.31 Å². The standard InChI is InChI=1S/C12H16FNO4S/c1-8(2)14(7-11(15)16)19(17,18)12-9(3)5-4-6-10(12)13/h4-6,8H,7H2,1-3H3,(H,15,16). The van der Waals surface area contributed by atoms with Crippen LogP contribution in [0.4, 0.5) is 4.39 Å². The second-order valence-corrected chi connectivity index (χ2v) is 6.25. The smallest absolute Gasteiger partial charge is 0.318 e. The first-order valence-corrected chi connectivity index (χ1v) is 7.10. The van der Waals surface area contributed by atoms with Crippen LogP contribution in [0.1, 0.15) is 19.4 Å². The maximum atomic E-state index is 13.8. The number of benzene rings is 1. The highest BCUT2D eigenvalue weighted by Crippen LogP contribution is 2.24. The van der Waals surface area contributed by atoms with E-state index in [-0.39, 0.29) is 5.56 Å². The van der Waals surface area contributed by atoms with E-state index in [1.54, 1.807) is 0 Å². The van der Waals surface area contributed by atoms with Crippen molar-refractivity contribution in [2.45, 2.75) is 31.7 Å². The molecule has 0 aliphatic rings. The third-order valence-corrected chi connectivity index (χ3v) is 4.80. The van der Waals surface area contributed by atoms with Gasteiger partial charge in [0.05, 0.1) is 0 Å². The van der Waals surface area contributed by atoms with Crippen molar-refractivity contribution >= 4 is 16.0 Å². The van der Waals surface area contributed by atoms with Gasteiger partial charge in [-0.15, -0.1) is 0 Å². The van der Waals surface area contributed by atoms with Crippen molar-refractivity contribution in [2.24, 2.45) is 0 Å². The number of carboxylic acids is 1. The molecule has 106 valence electrons. The lowest BCUT2D eigenvalue weighted by Crippen LogP contribution is -2.41. The zero-order valence-corrected chi connectivity index (χ0v) is 11.7. The number of aliphatic carboxylic acids is 1. The number of hydrogen-bond donors (Lipinski definition) is 1. The van der Waals surface area contributed by atoms with E-state index >= 15 is 0 Å². The Hall–Kier alpha value is -1.47. The maximum absolute atomic E-state index is 13.8.